The van der Waals surface area contributed by atoms with Crippen molar-refractivity contribution in [2.45, 2.75) is 155 Å². The van der Waals surface area contributed by atoms with Gasteiger partial charge in [0.15, 0.2) is 0 Å². The molecule has 0 aliphatic rings. The molecule has 0 saturated carbocycles. The lowest BCUT2D eigenvalue weighted by atomic mass is 10.0. The molecule has 0 amide bonds. The van der Waals surface area contributed by atoms with Crippen LogP contribution in [0.2, 0.25) is 0 Å². The average molecular weight is 447 g/mol. The van der Waals surface area contributed by atoms with Crippen molar-refractivity contribution in [2.24, 2.45) is 0 Å². The van der Waals surface area contributed by atoms with E-state index in [0.717, 1.165) is 25.7 Å². The highest BCUT2D eigenvalue weighted by molar-refractivity contribution is 7.52. The second-order valence-electron chi connectivity index (χ2n) is 9.27. The SMILES string of the molecule is CCCCCCCCCCCCCCCCCCOP(=O)(O)CCCCCCCC. The quantitative estimate of drug-likeness (QED) is 0.112. The van der Waals surface area contributed by atoms with E-state index in [1.165, 1.54) is 116 Å². The van der Waals surface area contributed by atoms with Crippen molar-refractivity contribution >= 4 is 7.60 Å². The highest BCUT2D eigenvalue weighted by atomic mass is 31.2. The summed E-state index contributed by atoms with van der Waals surface area (Å²) in [5.41, 5.74) is 0. The predicted octanol–water partition coefficient (Wildman–Crippen LogP) is 9.81. The van der Waals surface area contributed by atoms with E-state index in [4.69, 9.17) is 4.52 Å². The molecule has 30 heavy (non-hydrogen) atoms. The van der Waals surface area contributed by atoms with Crippen molar-refractivity contribution in [3.63, 3.8) is 0 Å². The third-order valence-corrected chi connectivity index (χ3v) is 7.55. The van der Waals surface area contributed by atoms with Gasteiger partial charge in [0.1, 0.15) is 0 Å². The molecule has 0 radical (unpaired) electrons. The molecule has 4 heteroatoms. The van der Waals surface area contributed by atoms with Gasteiger partial charge >= 0.3 is 7.60 Å². The molecule has 0 rings (SSSR count). The van der Waals surface area contributed by atoms with Crippen LogP contribution in [0, 0.1) is 0 Å². The van der Waals surface area contributed by atoms with Gasteiger partial charge in [-0.15, -0.1) is 0 Å². The first-order chi connectivity index (χ1) is 14.6. The molecule has 0 heterocycles. The number of hydrogen-bond donors (Lipinski definition) is 1. The van der Waals surface area contributed by atoms with Crippen LogP contribution in [0.3, 0.4) is 0 Å². The third-order valence-electron chi connectivity index (χ3n) is 6.09. The van der Waals surface area contributed by atoms with Crippen LogP contribution in [0.15, 0.2) is 0 Å². The molecule has 0 aliphatic heterocycles. The summed E-state index contributed by atoms with van der Waals surface area (Å²) in [7, 11) is -3.34. The van der Waals surface area contributed by atoms with Crippen LogP contribution in [-0.4, -0.2) is 17.7 Å². The zero-order chi connectivity index (χ0) is 22.2. The Labute approximate surface area is 189 Å². The summed E-state index contributed by atoms with van der Waals surface area (Å²) in [5, 5.41) is 0. The standard InChI is InChI=1S/C26H55O3P/c1-3-5-7-9-11-12-13-14-15-16-17-18-19-20-21-23-25-29-30(27,28)26-24-22-10-8-6-4-2/h3-26H2,1-2H3,(H,27,28). The normalized spacial score (nSPS) is 13.6. The van der Waals surface area contributed by atoms with E-state index in [-0.39, 0.29) is 0 Å². The molecule has 0 saturated heterocycles. The van der Waals surface area contributed by atoms with Crippen molar-refractivity contribution in [1.29, 1.82) is 0 Å². The maximum Gasteiger partial charge on any atom is 0.328 e. The van der Waals surface area contributed by atoms with Crippen LogP contribution in [0.1, 0.15) is 155 Å². The Morgan fingerprint density at radius 3 is 1.17 bits per heavy atom. The summed E-state index contributed by atoms with van der Waals surface area (Å²) >= 11 is 0. The van der Waals surface area contributed by atoms with Crippen molar-refractivity contribution in [1.82, 2.24) is 0 Å². The molecule has 3 nitrogen and oxygen atoms in total. The van der Waals surface area contributed by atoms with Crippen LogP contribution in [0.25, 0.3) is 0 Å². The molecule has 0 spiro atoms. The van der Waals surface area contributed by atoms with Crippen LogP contribution < -0.4 is 0 Å². The first-order valence-corrected chi connectivity index (χ1v) is 15.3. The molecule has 1 unspecified atom stereocenters. The zero-order valence-corrected chi connectivity index (χ0v) is 21.6. The molecular formula is C26H55O3P. The van der Waals surface area contributed by atoms with Crippen molar-refractivity contribution in [3.8, 4) is 0 Å². The Morgan fingerprint density at radius 2 is 0.800 bits per heavy atom. The molecule has 0 bridgehead atoms. The Hall–Kier alpha value is 0.150. The molecule has 0 fully saturated rings. The fourth-order valence-corrected chi connectivity index (χ4v) is 5.18. The number of rotatable bonds is 25. The molecule has 1 N–H and O–H groups in total. The fourth-order valence-electron chi connectivity index (χ4n) is 4.01. The molecule has 1 atom stereocenters. The fraction of sp³-hybridized carbons (Fsp3) is 1.00. The van der Waals surface area contributed by atoms with Crippen molar-refractivity contribution in [3.05, 3.63) is 0 Å². The van der Waals surface area contributed by atoms with E-state index >= 15 is 0 Å². The van der Waals surface area contributed by atoms with E-state index in [1.54, 1.807) is 0 Å². The molecule has 0 aromatic rings. The third kappa shape index (κ3) is 24.4. The molecular weight excluding hydrogens is 391 g/mol. The van der Waals surface area contributed by atoms with Crippen LogP contribution in [0.5, 0.6) is 0 Å². The van der Waals surface area contributed by atoms with Gasteiger partial charge in [-0.2, -0.15) is 0 Å². The summed E-state index contributed by atoms with van der Waals surface area (Å²) in [6, 6.07) is 0. The minimum absolute atomic E-state index is 0.331. The van der Waals surface area contributed by atoms with E-state index < -0.39 is 7.60 Å². The molecule has 0 aliphatic carbocycles. The highest BCUT2D eigenvalue weighted by Gasteiger charge is 2.17. The van der Waals surface area contributed by atoms with Gasteiger partial charge in [0.25, 0.3) is 0 Å². The van der Waals surface area contributed by atoms with Gasteiger partial charge < -0.3 is 9.42 Å². The minimum Gasteiger partial charge on any atom is -0.324 e. The summed E-state index contributed by atoms with van der Waals surface area (Å²) < 4.78 is 17.3. The van der Waals surface area contributed by atoms with Gasteiger partial charge in [-0.25, -0.2) is 0 Å². The van der Waals surface area contributed by atoms with Gasteiger partial charge in [-0.1, -0.05) is 142 Å². The van der Waals surface area contributed by atoms with E-state index in [9.17, 15) is 9.46 Å². The zero-order valence-electron chi connectivity index (χ0n) is 20.7. The van der Waals surface area contributed by atoms with Gasteiger partial charge in [0.2, 0.25) is 0 Å². The van der Waals surface area contributed by atoms with Crippen LogP contribution in [-0.2, 0) is 9.09 Å². The van der Waals surface area contributed by atoms with Gasteiger partial charge in [-0.05, 0) is 12.8 Å². The number of unbranched alkanes of at least 4 members (excludes halogenated alkanes) is 20. The first-order valence-electron chi connectivity index (χ1n) is 13.6. The Balaban J connectivity index is 3.23. The number of hydrogen-bond acceptors (Lipinski definition) is 2. The Bertz CT molecular complexity index is 373. The lowest BCUT2D eigenvalue weighted by Crippen LogP contribution is -1.97. The molecule has 0 aromatic heterocycles. The highest BCUT2D eigenvalue weighted by Crippen LogP contribution is 2.43. The van der Waals surface area contributed by atoms with Crippen LogP contribution in [0.4, 0.5) is 0 Å². The maximum atomic E-state index is 12.0. The lowest BCUT2D eigenvalue weighted by molar-refractivity contribution is 0.251. The Morgan fingerprint density at radius 1 is 0.500 bits per heavy atom. The van der Waals surface area contributed by atoms with E-state index in [2.05, 4.69) is 13.8 Å². The summed E-state index contributed by atoms with van der Waals surface area (Å²) in [5.74, 6) is 0. The van der Waals surface area contributed by atoms with Gasteiger partial charge in [-0.3, -0.25) is 4.57 Å². The van der Waals surface area contributed by atoms with Crippen molar-refractivity contribution < 1.29 is 14.0 Å². The molecule has 182 valence electrons. The van der Waals surface area contributed by atoms with Gasteiger partial charge in [0, 0.05) is 6.16 Å². The lowest BCUT2D eigenvalue weighted by Gasteiger charge is -2.12. The predicted molar refractivity (Wildman–Crippen MR) is 134 cm³/mol. The summed E-state index contributed by atoms with van der Waals surface area (Å²) in [4.78, 5) is 9.88. The minimum atomic E-state index is -3.34. The second-order valence-corrected chi connectivity index (χ2v) is 11.2. The topological polar surface area (TPSA) is 46.5 Å². The van der Waals surface area contributed by atoms with Gasteiger partial charge in [0.05, 0.1) is 6.61 Å². The largest absolute Gasteiger partial charge is 0.328 e. The van der Waals surface area contributed by atoms with E-state index in [0.29, 0.717) is 12.8 Å². The van der Waals surface area contributed by atoms with Crippen molar-refractivity contribution in [2.75, 3.05) is 12.8 Å². The molecule has 0 aromatic carbocycles. The Kier molecular flexibility index (Phi) is 23.9. The van der Waals surface area contributed by atoms with E-state index in [1.807, 2.05) is 0 Å². The smallest absolute Gasteiger partial charge is 0.324 e. The second kappa shape index (κ2) is 23.8. The summed E-state index contributed by atoms with van der Waals surface area (Å²) in [6.45, 7) is 4.93. The first kappa shape index (κ1) is 30.1. The maximum absolute atomic E-state index is 12.0. The average Bonchev–Trinajstić information content (AvgIpc) is 2.73. The van der Waals surface area contributed by atoms with Crippen LogP contribution >= 0.6 is 7.60 Å². The summed E-state index contributed by atoms with van der Waals surface area (Å²) in [6.07, 6.45) is 28.6. The monoisotopic (exact) mass is 446 g/mol.